The highest BCUT2D eigenvalue weighted by molar-refractivity contribution is 7.92. The number of nitrogens with one attached hydrogen (secondary N) is 1. The average molecular weight is 433 g/mol. The van der Waals surface area contributed by atoms with Crippen LogP contribution in [0.5, 0.6) is 0 Å². The number of ether oxygens (including phenoxy) is 1. The Hall–Kier alpha value is -2.87. The molecule has 0 spiro atoms. The van der Waals surface area contributed by atoms with E-state index in [9.17, 15) is 18.0 Å². The Morgan fingerprint density at radius 2 is 1.57 bits per heavy atom. The van der Waals surface area contributed by atoms with E-state index in [2.05, 4.69) is 5.32 Å². The molecule has 2 rings (SSSR count). The SMILES string of the molecule is CC(=O)Nc1ccc(S(=O)(=O)N(CC(=O)OC(C)C)c2c(C)cc(C)cc2C)cc1. The molecule has 1 amide bonds. The predicted molar refractivity (Wildman–Crippen MR) is 117 cm³/mol. The number of hydrogen-bond donors (Lipinski definition) is 1. The minimum absolute atomic E-state index is 0.00771. The summed E-state index contributed by atoms with van der Waals surface area (Å²) in [4.78, 5) is 23.6. The van der Waals surface area contributed by atoms with Crippen LogP contribution in [0.2, 0.25) is 0 Å². The predicted octanol–water partition coefficient (Wildman–Crippen LogP) is 3.72. The molecule has 2 aromatic rings. The number of aryl methyl sites for hydroxylation is 3. The van der Waals surface area contributed by atoms with E-state index in [1.54, 1.807) is 13.8 Å². The number of rotatable bonds is 7. The minimum atomic E-state index is -4.07. The summed E-state index contributed by atoms with van der Waals surface area (Å²) >= 11 is 0. The fourth-order valence-electron chi connectivity index (χ4n) is 3.31. The normalized spacial score (nSPS) is 11.3. The maximum absolute atomic E-state index is 13.5. The Labute approximate surface area is 178 Å². The number of esters is 1. The number of carbonyl (C=O) groups excluding carboxylic acids is 2. The van der Waals surface area contributed by atoms with Crippen LogP contribution in [0.1, 0.15) is 37.5 Å². The Kier molecular flexibility index (Phi) is 7.25. The summed E-state index contributed by atoms with van der Waals surface area (Å²) in [6.45, 7) is 9.89. The van der Waals surface area contributed by atoms with E-state index >= 15 is 0 Å². The summed E-state index contributed by atoms with van der Waals surface area (Å²) in [6, 6.07) is 9.57. The van der Waals surface area contributed by atoms with Gasteiger partial charge >= 0.3 is 5.97 Å². The highest BCUT2D eigenvalue weighted by Crippen LogP contribution is 2.31. The first kappa shape index (κ1) is 23.4. The van der Waals surface area contributed by atoms with Crippen molar-refractivity contribution in [3.8, 4) is 0 Å². The molecule has 0 unspecified atom stereocenters. The summed E-state index contributed by atoms with van der Waals surface area (Å²) in [6.07, 6.45) is -0.362. The Balaban J connectivity index is 2.55. The van der Waals surface area contributed by atoms with Crippen molar-refractivity contribution < 1.29 is 22.7 Å². The summed E-state index contributed by atoms with van der Waals surface area (Å²) in [7, 11) is -4.07. The number of sulfonamides is 1. The van der Waals surface area contributed by atoms with Crippen LogP contribution >= 0.6 is 0 Å². The molecule has 1 N–H and O–H groups in total. The van der Waals surface area contributed by atoms with Gasteiger partial charge in [-0.25, -0.2) is 8.42 Å². The van der Waals surface area contributed by atoms with Crippen molar-refractivity contribution >= 4 is 33.3 Å². The van der Waals surface area contributed by atoms with Gasteiger partial charge in [-0.15, -0.1) is 0 Å². The van der Waals surface area contributed by atoms with Gasteiger partial charge in [0.2, 0.25) is 5.91 Å². The summed E-state index contributed by atoms with van der Waals surface area (Å²) in [5.41, 5.74) is 3.41. The molecule has 0 radical (unpaired) electrons. The van der Waals surface area contributed by atoms with Gasteiger partial charge < -0.3 is 10.1 Å². The van der Waals surface area contributed by atoms with Crippen LogP contribution < -0.4 is 9.62 Å². The molecule has 2 aromatic carbocycles. The number of carbonyl (C=O) groups is 2. The second kappa shape index (κ2) is 9.30. The maximum atomic E-state index is 13.5. The van der Waals surface area contributed by atoms with Gasteiger partial charge in [0, 0.05) is 12.6 Å². The topological polar surface area (TPSA) is 92.8 Å². The lowest BCUT2D eigenvalue weighted by atomic mass is 10.1. The molecule has 0 atom stereocenters. The van der Waals surface area contributed by atoms with Gasteiger partial charge in [0.1, 0.15) is 6.54 Å². The molecule has 0 fully saturated rings. The number of hydrogen-bond acceptors (Lipinski definition) is 5. The van der Waals surface area contributed by atoms with Crippen LogP contribution in [-0.4, -0.2) is 32.9 Å². The molecule has 0 aliphatic carbocycles. The Morgan fingerprint density at radius 1 is 1.03 bits per heavy atom. The van der Waals surface area contributed by atoms with E-state index in [1.165, 1.54) is 31.2 Å². The lowest BCUT2D eigenvalue weighted by Crippen LogP contribution is -2.38. The zero-order valence-corrected chi connectivity index (χ0v) is 19.0. The van der Waals surface area contributed by atoms with Crippen molar-refractivity contribution in [2.75, 3.05) is 16.2 Å². The molecule has 7 nitrogen and oxygen atoms in total. The van der Waals surface area contributed by atoms with Crippen molar-refractivity contribution in [1.82, 2.24) is 0 Å². The van der Waals surface area contributed by atoms with Crippen LogP contribution in [0.25, 0.3) is 0 Å². The summed E-state index contributed by atoms with van der Waals surface area (Å²) < 4.78 is 33.3. The maximum Gasteiger partial charge on any atom is 0.327 e. The third-order valence-corrected chi connectivity index (χ3v) is 6.05. The second-order valence-electron chi connectivity index (χ2n) is 7.50. The highest BCUT2D eigenvalue weighted by Gasteiger charge is 2.30. The Bertz CT molecular complexity index is 1020. The van der Waals surface area contributed by atoms with E-state index in [0.29, 0.717) is 11.4 Å². The van der Waals surface area contributed by atoms with Crippen molar-refractivity contribution in [3.63, 3.8) is 0 Å². The van der Waals surface area contributed by atoms with Gasteiger partial charge in [-0.2, -0.15) is 0 Å². The van der Waals surface area contributed by atoms with Gasteiger partial charge in [0.25, 0.3) is 10.0 Å². The first-order chi connectivity index (χ1) is 13.9. The van der Waals surface area contributed by atoms with Crippen LogP contribution in [0.15, 0.2) is 41.3 Å². The largest absolute Gasteiger partial charge is 0.462 e. The molecular formula is C22H28N2O5S. The summed E-state index contributed by atoms with van der Waals surface area (Å²) in [5, 5.41) is 2.60. The monoisotopic (exact) mass is 432 g/mol. The lowest BCUT2D eigenvalue weighted by molar-refractivity contribution is -0.145. The second-order valence-corrected chi connectivity index (χ2v) is 9.37. The van der Waals surface area contributed by atoms with Gasteiger partial charge in [-0.05, 0) is 70.0 Å². The zero-order chi connectivity index (χ0) is 22.6. The average Bonchev–Trinajstić information content (AvgIpc) is 2.59. The van der Waals surface area contributed by atoms with Gasteiger partial charge in [0.05, 0.1) is 16.7 Å². The fourth-order valence-corrected chi connectivity index (χ4v) is 4.85. The standard InChI is InChI=1S/C22H28N2O5S/c1-14(2)29-21(26)13-24(22-16(4)11-15(3)12-17(22)5)30(27,28)20-9-7-19(8-10-20)23-18(6)25/h7-12,14H,13H2,1-6H3,(H,23,25). The number of nitrogens with zero attached hydrogens (tertiary/aromatic N) is 1. The Morgan fingerprint density at radius 3 is 2.03 bits per heavy atom. The molecule has 0 aliphatic rings. The third-order valence-electron chi connectivity index (χ3n) is 4.29. The molecule has 30 heavy (non-hydrogen) atoms. The smallest absolute Gasteiger partial charge is 0.327 e. The molecular weight excluding hydrogens is 404 g/mol. The first-order valence-electron chi connectivity index (χ1n) is 9.59. The van der Waals surface area contributed by atoms with E-state index < -0.39 is 22.5 Å². The van der Waals surface area contributed by atoms with E-state index in [4.69, 9.17) is 4.74 Å². The van der Waals surface area contributed by atoms with Crippen molar-refractivity contribution in [1.29, 1.82) is 0 Å². The van der Waals surface area contributed by atoms with E-state index in [0.717, 1.165) is 21.0 Å². The first-order valence-corrected chi connectivity index (χ1v) is 11.0. The molecule has 8 heteroatoms. The van der Waals surface area contributed by atoms with Gasteiger partial charge in [-0.1, -0.05) is 17.7 Å². The molecule has 162 valence electrons. The minimum Gasteiger partial charge on any atom is -0.462 e. The quantitative estimate of drug-likeness (QED) is 0.673. The van der Waals surface area contributed by atoms with Crippen LogP contribution in [0.3, 0.4) is 0 Å². The number of anilines is 2. The molecule has 0 aliphatic heterocycles. The molecule has 0 saturated heterocycles. The van der Waals surface area contributed by atoms with Crippen molar-refractivity contribution in [2.24, 2.45) is 0 Å². The van der Waals surface area contributed by atoms with E-state index in [1.807, 2.05) is 32.9 Å². The summed E-state index contributed by atoms with van der Waals surface area (Å²) in [5.74, 6) is -0.891. The number of benzene rings is 2. The molecule has 0 bridgehead atoms. The van der Waals surface area contributed by atoms with Crippen LogP contribution in [-0.2, 0) is 24.3 Å². The van der Waals surface area contributed by atoms with Crippen molar-refractivity contribution in [2.45, 2.75) is 52.5 Å². The van der Waals surface area contributed by atoms with Gasteiger partial charge in [0.15, 0.2) is 0 Å². The van der Waals surface area contributed by atoms with Crippen LogP contribution in [0.4, 0.5) is 11.4 Å². The van der Waals surface area contributed by atoms with Crippen LogP contribution in [0, 0.1) is 20.8 Å². The third kappa shape index (κ3) is 5.60. The zero-order valence-electron chi connectivity index (χ0n) is 18.1. The molecule has 0 aromatic heterocycles. The lowest BCUT2D eigenvalue weighted by Gasteiger charge is -2.27. The molecule has 0 heterocycles. The molecule has 0 saturated carbocycles. The van der Waals surface area contributed by atoms with Gasteiger partial charge in [-0.3, -0.25) is 13.9 Å². The van der Waals surface area contributed by atoms with Crippen molar-refractivity contribution in [3.05, 3.63) is 53.1 Å². The van der Waals surface area contributed by atoms with E-state index in [-0.39, 0.29) is 16.9 Å². The fraction of sp³-hybridized carbons (Fsp3) is 0.364. The number of amides is 1. The highest BCUT2D eigenvalue weighted by atomic mass is 32.2.